The van der Waals surface area contributed by atoms with Gasteiger partial charge in [-0.1, -0.05) is 18.2 Å². The highest BCUT2D eigenvalue weighted by Crippen LogP contribution is 2.56. The lowest BCUT2D eigenvalue weighted by Gasteiger charge is -2.33. The number of benzene rings is 3. The molecule has 7 nitrogen and oxygen atoms in total. The molecule has 6 rings (SSSR count). The van der Waals surface area contributed by atoms with Crippen molar-refractivity contribution in [2.45, 2.75) is 11.4 Å². The molecule has 37 heavy (non-hydrogen) atoms. The van der Waals surface area contributed by atoms with E-state index in [1.54, 1.807) is 36.2 Å². The van der Waals surface area contributed by atoms with Crippen LogP contribution in [0.2, 0.25) is 0 Å². The summed E-state index contributed by atoms with van der Waals surface area (Å²) in [5.74, 6) is 1.46. The van der Waals surface area contributed by atoms with Crippen LogP contribution in [0.1, 0.15) is 10.6 Å². The maximum Gasteiger partial charge on any atom is 0.269 e. The Morgan fingerprint density at radius 1 is 0.919 bits per heavy atom. The van der Waals surface area contributed by atoms with E-state index in [9.17, 15) is 9.59 Å². The maximum absolute atomic E-state index is 14.2. The van der Waals surface area contributed by atoms with Gasteiger partial charge in [-0.2, -0.15) is 0 Å². The van der Waals surface area contributed by atoms with E-state index >= 15 is 0 Å². The monoisotopic (exact) mass is 529 g/mol. The topological polar surface area (TPSA) is 72.0 Å². The van der Waals surface area contributed by atoms with Crippen molar-refractivity contribution >= 4 is 46.3 Å². The summed E-state index contributed by atoms with van der Waals surface area (Å²) in [6.45, 7) is 0.323. The van der Waals surface area contributed by atoms with Crippen molar-refractivity contribution in [1.82, 2.24) is 4.98 Å². The fraction of sp³-hybridized carbons (Fsp3) is 0.179. The van der Waals surface area contributed by atoms with Gasteiger partial charge in [0.15, 0.2) is 0 Å². The third-order valence-corrected chi connectivity index (χ3v) is 8.85. The van der Waals surface area contributed by atoms with Gasteiger partial charge in [0.05, 0.1) is 37.9 Å². The van der Waals surface area contributed by atoms with Gasteiger partial charge in [0, 0.05) is 22.2 Å². The molecule has 0 saturated carbocycles. The molecule has 2 aliphatic heterocycles. The molecule has 0 N–H and O–H groups in total. The third-order valence-electron chi connectivity index (χ3n) is 6.63. The van der Waals surface area contributed by atoms with Gasteiger partial charge >= 0.3 is 0 Å². The average molecular weight is 530 g/mol. The molecular weight excluding hydrogens is 506 g/mol. The van der Waals surface area contributed by atoms with Gasteiger partial charge in [-0.25, -0.2) is 4.98 Å². The molecule has 186 valence electrons. The zero-order valence-electron chi connectivity index (χ0n) is 20.2. The Hall–Kier alpha value is -3.82. The predicted octanol–water partition coefficient (Wildman–Crippen LogP) is 5.31. The zero-order chi connectivity index (χ0) is 25.6. The normalized spacial score (nSPS) is 18.5. The van der Waals surface area contributed by atoms with Crippen LogP contribution >= 0.6 is 23.1 Å². The molecule has 0 aliphatic carbocycles. The molecule has 2 amide bonds. The molecule has 0 radical (unpaired) electrons. The third kappa shape index (κ3) is 3.77. The van der Waals surface area contributed by atoms with Crippen LogP contribution in [0.25, 0.3) is 11.3 Å². The molecule has 3 heterocycles. The van der Waals surface area contributed by atoms with E-state index in [1.165, 1.54) is 23.1 Å². The van der Waals surface area contributed by atoms with Gasteiger partial charge in [-0.15, -0.1) is 23.1 Å². The number of thiazole rings is 1. The van der Waals surface area contributed by atoms with Crippen LogP contribution < -0.4 is 19.3 Å². The number of anilines is 2. The molecule has 1 saturated heterocycles. The van der Waals surface area contributed by atoms with Crippen molar-refractivity contribution in [1.29, 1.82) is 0 Å². The van der Waals surface area contributed by atoms with Crippen molar-refractivity contribution < 1.29 is 19.1 Å². The minimum atomic E-state index is -1.15. The number of ether oxygens (including phenoxy) is 2. The van der Waals surface area contributed by atoms with Gasteiger partial charge < -0.3 is 14.4 Å². The second-order valence-corrected chi connectivity index (χ2v) is 10.7. The molecule has 1 spiro atoms. The number of carbonyl (C=O) groups excluding carboxylic acids is 2. The predicted molar refractivity (Wildman–Crippen MR) is 146 cm³/mol. The van der Waals surface area contributed by atoms with Crippen molar-refractivity contribution in [2.24, 2.45) is 0 Å². The van der Waals surface area contributed by atoms with E-state index in [0.29, 0.717) is 18.0 Å². The first-order valence-corrected chi connectivity index (χ1v) is 13.5. The largest absolute Gasteiger partial charge is 0.497 e. The van der Waals surface area contributed by atoms with Crippen LogP contribution in [0.3, 0.4) is 0 Å². The standard InChI is InChI=1S/C28H23N3O4S2/c1-34-20-11-7-18(8-12-20)23-16-36-25(29-23)15-30-24-6-4-3-5-22(24)28(27(30)33)31(26(32)17-37-28)19-9-13-21(35-2)14-10-19/h3-14,16H,15,17H2,1-2H3. The van der Waals surface area contributed by atoms with Gasteiger partial charge in [0.25, 0.3) is 5.91 Å². The lowest BCUT2D eigenvalue weighted by atomic mass is 10.0. The second-order valence-electron chi connectivity index (χ2n) is 8.62. The van der Waals surface area contributed by atoms with Crippen molar-refractivity contribution in [3.05, 3.63) is 88.7 Å². The zero-order valence-corrected chi connectivity index (χ0v) is 21.8. The molecule has 3 aromatic carbocycles. The van der Waals surface area contributed by atoms with Crippen molar-refractivity contribution in [3.8, 4) is 22.8 Å². The van der Waals surface area contributed by atoms with E-state index in [-0.39, 0.29) is 17.6 Å². The first-order chi connectivity index (χ1) is 18.0. The average Bonchev–Trinajstić information content (AvgIpc) is 3.62. The summed E-state index contributed by atoms with van der Waals surface area (Å²) in [5, 5.41) is 2.81. The van der Waals surface area contributed by atoms with E-state index in [0.717, 1.165) is 33.3 Å². The van der Waals surface area contributed by atoms with Gasteiger partial charge in [0.1, 0.15) is 16.5 Å². The SMILES string of the molecule is COc1ccc(-c2csc(CN3C(=O)C4(SCC(=O)N4c4ccc(OC)cc4)c4ccccc43)n2)cc1. The summed E-state index contributed by atoms with van der Waals surface area (Å²) < 4.78 is 10.5. The van der Waals surface area contributed by atoms with E-state index in [2.05, 4.69) is 0 Å². The first kappa shape index (κ1) is 23.6. The van der Waals surface area contributed by atoms with Crippen LogP contribution in [-0.4, -0.2) is 36.8 Å². The minimum Gasteiger partial charge on any atom is -0.497 e. The summed E-state index contributed by atoms with van der Waals surface area (Å²) in [4.78, 5) is 34.5. The Balaban J connectivity index is 1.36. The number of nitrogens with zero attached hydrogens (tertiary/aromatic N) is 3. The quantitative estimate of drug-likeness (QED) is 0.337. The molecule has 0 bridgehead atoms. The Morgan fingerprint density at radius 3 is 2.30 bits per heavy atom. The molecule has 1 unspecified atom stereocenters. The number of hydrogen-bond donors (Lipinski definition) is 0. The lowest BCUT2D eigenvalue weighted by Crippen LogP contribution is -2.49. The number of para-hydroxylation sites is 1. The second kappa shape index (κ2) is 9.24. The summed E-state index contributed by atoms with van der Waals surface area (Å²) in [6, 6.07) is 22.7. The summed E-state index contributed by atoms with van der Waals surface area (Å²) >= 11 is 2.88. The Bertz CT molecular complexity index is 1490. The number of carbonyl (C=O) groups is 2. The Kier molecular flexibility index (Phi) is 5.89. The van der Waals surface area contributed by atoms with Crippen LogP contribution in [0.5, 0.6) is 11.5 Å². The summed E-state index contributed by atoms with van der Waals surface area (Å²) in [6.07, 6.45) is 0. The van der Waals surface area contributed by atoms with E-state index in [1.807, 2.05) is 66.0 Å². The van der Waals surface area contributed by atoms with Crippen molar-refractivity contribution in [3.63, 3.8) is 0 Å². The van der Waals surface area contributed by atoms with Crippen molar-refractivity contribution in [2.75, 3.05) is 29.8 Å². The number of aromatic nitrogens is 1. The van der Waals surface area contributed by atoms with E-state index in [4.69, 9.17) is 14.5 Å². The highest BCUT2D eigenvalue weighted by Gasteiger charge is 2.61. The number of amides is 2. The smallest absolute Gasteiger partial charge is 0.269 e. The number of hydrogen-bond acceptors (Lipinski definition) is 7. The minimum absolute atomic E-state index is 0.101. The highest BCUT2D eigenvalue weighted by atomic mass is 32.2. The van der Waals surface area contributed by atoms with Crippen LogP contribution in [-0.2, 0) is 21.0 Å². The van der Waals surface area contributed by atoms with Gasteiger partial charge in [-0.05, 0) is 54.6 Å². The summed E-state index contributed by atoms with van der Waals surface area (Å²) in [5.41, 5.74) is 4.11. The molecule has 2 aliphatic rings. The molecule has 1 fully saturated rings. The highest BCUT2D eigenvalue weighted by molar-refractivity contribution is 8.02. The van der Waals surface area contributed by atoms with Crippen LogP contribution in [0.15, 0.2) is 78.2 Å². The number of methoxy groups -OCH3 is 2. The number of fused-ring (bicyclic) bond motifs is 2. The lowest BCUT2D eigenvalue weighted by molar-refractivity contribution is -0.123. The molecule has 1 aromatic heterocycles. The molecule has 4 aromatic rings. The van der Waals surface area contributed by atoms with Gasteiger partial charge in [0.2, 0.25) is 10.8 Å². The Morgan fingerprint density at radius 2 is 1.59 bits per heavy atom. The molecule has 1 atom stereocenters. The maximum atomic E-state index is 14.2. The van der Waals surface area contributed by atoms with Gasteiger partial charge in [-0.3, -0.25) is 14.5 Å². The number of rotatable bonds is 6. The molecule has 9 heteroatoms. The fourth-order valence-corrected chi connectivity index (χ4v) is 7.01. The molecular formula is C28H23N3O4S2. The van der Waals surface area contributed by atoms with Crippen LogP contribution in [0, 0.1) is 0 Å². The van der Waals surface area contributed by atoms with E-state index < -0.39 is 4.87 Å². The fourth-order valence-electron chi connectivity index (χ4n) is 4.86. The Labute approximate surface area is 222 Å². The summed E-state index contributed by atoms with van der Waals surface area (Å²) in [7, 11) is 3.24. The number of thioether (sulfide) groups is 1. The first-order valence-electron chi connectivity index (χ1n) is 11.7. The van der Waals surface area contributed by atoms with Crippen LogP contribution in [0.4, 0.5) is 11.4 Å².